The van der Waals surface area contributed by atoms with Gasteiger partial charge in [0.25, 0.3) is 0 Å². The van der Waals surface area contributed by atoms with Crippen LogP contribution in [0.3, 0.4) is 0 Å². The van der Waals surface area contributed by atoms with Gasteiger partial charge < -0.3 is 24.2 Å². The molecule has 2 aromatic carbocycles. The van der Waals surface area contributed by atoms with Crippen molar-refractivity contribution >= 4 is 36.5 Å². The fraction of sp³-hybridized carbons (Fsp3) is 0.286. The van der Waals surface area contributed by atoms with Gasteiger partial charge in [0.05, 0.1) is 5.69 Å². The number of carbonyl (C=O) groups excluding carboxylic acids is 1. The number of anilines is 1. The largest absolute Gasteiger partial charge is 0.439 e. The Morgan fingerprint density at radius 1 is 0.755 bits per heavy atom. The number of piperidine rings is 2. The molecule has 0 bridgehead atoms. The number of nitrogens with zero attached hydrogens (tertiary/aromatic N) is 4. The maximum Gasteiger partial charge on any atom is 0.324 e. The number of benzene rings is 2. The van der Waals surface area contributed by atoms with Crippen LogP contribution < -0.4 is 20.1 Å². The Bertz CT molecular complexity index is 2010. The lowest BCUT2D eigenvalue weighted by atomic mass is 10.0. The van der Waals surface area contributed by atoms with Gasteiger partial charge in [0, 0.05) is 43.2 Å². The summed E-state index contributed by atoms with van der Waals surface area (Å²) in [7, 11) is 0. The molecule has 2 saturated heterocycles. The highest BCUT2D eigenvalue weighted by Gasteiger charge is 2.21. The number of ether oxygens (including phenoxy) is 2. The van der Waals surface area contributed by atoms with Crippen LogP contribution in [0.5, 0.6) is 23.3 Å². The van der Waals surface area contributed by atoms with Gasteiger partial charge in [-0.05, 0) is 113 Å². The second-order valence-electron chi connectivity index (χ2n) is 13.2. The second kappa shape index (κ2) is 18.9. The van der Waals surface area contributed by atoms with Crippen LogP contribution in [0.15, 0.2) is 101 Å². The monoisotopic (exact) mass is 734 g/mol. The molecule has 7 rings (SSSR count). The first-order valence-electron chi connectivity index (χ1n) is 17.8. The Morgan fingerprint density at radius 2 is 1.28 bits per heavy atom. The highest BCUT2D eigenvalue weighted by Crippen LogP contribution is 2.26. The predicted octanol–water partition coefficient (Wildman–Crippen LogP) is 9.87. The summed E-state index contributed by atoms with van der Waals surface area (Å²) >= 11 is 0. The smallest absolute Gasteiger partial charge is 0.324 e. The fourth-order valence-corrected chi connectivity index (χ4v) is 5.82. The van der Waals surface area contributed by atoms with Crippen LogP contribution in [0.25, 0.3) is 12.2 Å². The van der Waals surface area contributed by atoms with Gasteiger partial charge in [0.15, 0.2) is 0 Å². The highest BCUT2D eigenvalue weighted by molar-refractivity contribution is 5.88. The summed E-state index contributed by atoms with van der Waals surface area (Å²) < 4.78 is 16.9. The normalized spacial score (nSPS) is 13.9. The van der Waals surface area contributed by atoms with Crippen LogP contribution >= 0.6 is 12.4 Å². The number of rotatable bonds is 7. The molecule has 2 aliphatic heterocycles. The molecule has 0 saturated carbocycles. The van der Waals surface area contributed by atoms with Gasteiger partial charge in [0.1, 0.15) is 11.5 Å². The number of likely N-dealkylation sites (tertiary alicyclic amines) is 1. The topological polar surface area (TPSA) is 115 Å². The van der Waals surface area contributed by atoms with Gasteiger partial charge in [-0.2, -0.15) is 0 Å². The standard InChI is InChI=1S/C24H26N4O3.C18H20N2O.ClH/c1-16-7-8-22(25-15-16)30-21-6-4-5-20(14-21)13-19-9-11-28(12-10-19)24(29)26-23-17(2)18(3)27-31-23;1-14-5-6-18(20-13-14)21-17-4-2-3-16(12-17)11-15-7-9-19-10-8-15;/h4-8,13-15H,9-12H2,1-3H3,(H,26,29);2-6,11-13,19H,7-10H2,1H3;1H. The van der Waals surface area contributed by atoms with Crippen LogP contribution in [0.2, 0.25) is 0 Å². The van der Waals surface area contributed by atoms with Crippen LogP contribution in [0.1, 0.15) is 59.2 Å². The SMILES string of the molecule is Cc1ccc(Oc2cccc(C=C3CCN(C(=O)Nc4onc(C)c4C)CC3)c2)nc1.Cc1ccc(Oc2cccc(C=C3CCNCC3)c2)nc1.Cl. The van der Waals surface area contributed by atoms with Crippen LogP contribution in [-0.2, 0) is 0 Å². The summed E-state index contributed by atoms with van der Waals surface area (Å²) in [6.45, 7) is 11.2. The molecule has 2 fully saturated rings. The quantitative estimate of drug-likeness (QED) is 0.170. The molecule has 0 atom stereocenters. The molecule has 3 aromatic heterocycles. The number of pyridine rings is 2. The van der Waals surface area contributed by atoms with Crippen LogP contribution in [0.4, 0.5) is 10.7 Å². The van der Waals surface area contributed by atoms with Crippen molar-refractivity contribution in [3.05, 3.63) is 130 Å². The average Bonchev–Trinajstić information content (AvgIpc) is 3.47. The molecule has 276 valence electrons. The van der Waals surface area contributed by atoms with E-state index in [0.29, 0.717) is 30.7 Å². The molecule has 2 N–H and O–H groups in total. The summed E-state index contributed by atoms with van der Waals surface area (Å²) in [6, 6.07) is 23.7. The van der Waals surface area contributed by atoms with E-state index in [4.69, 9.17) is 14.0 Å². The Kier molecular flexibility index (Phi) is 13.8. The lowest BCUT2D eigenvalue weighted by Crippen LogP contribution is -2.39. The average molecular weight is 735 g/mol. The molecule has 0 radical (unpaired) electrons. The maximum absolute atomic E-state index is 12.5. The third kappa shape index (κ3) is 11.5. The number of carbonyl (C=O) groups is 1. The van der Waals surface area contributed by atoms with E-state index in [-0.39, 0.29) is 18.4 Å². The van der Waals surface area contributed by atoms with Crippen LogP contribution in [-0.4, -0.2) is 52.2 Å². The molecule has 0 aliphatic carbocycles. The van der Waals surface area contributed by atoms with Crippen molar-refractivity contribution in [2.24, 2.45) is 0 Å². The molecule has 10 nitrogen and oxygen atoms in total. The molecule has 2 aliphatic rings. The molecule has 0 unspecified atom stereocenters. The lowest BCUT2D eigenvalue weighted by molar-refractivity contribution is 0.207. The first-order valence-corrected chi connectivity index (χ1v) is 17.8. The number of aromatic nitrogens is 3. The van der Waals surface area contributed by atoms with Crippen LogP contribution in [0, 0.1) is 27.7 Å². The van der Waals surface area contributed by atoms with Gasteiger partial charge in [-0.1, -0.05) is 64.9 Å². The number of nitrogens with one attached hydrogen (secondary N) is 2. The van der Waals surface area contributed by atoms with Gasteiger partial charge in [-0.3, -0.25) is 5.32 Å². The van der Waals surface area contributed by atoms with Crippen molar-refractivity contribution in [3.8, 4) is 23.3 Å². The molecular formula is C42H47ClN6O4. The Labute approximate surface area is 317 Å². The Morgan fingerprint density at radius 3 is 1.75 bits per heavy atom. The number of aryl methyl sites for hydroxylation is 3. The Balaban J connectivity index is 0.000000215. The predicted molar refractivity (Wildman–Crippen MR) is 212 cm³/mol. The molecule has 5 aromatic rings. The Hall–Kier alpha value is -5.45. The summed E-state index contributed by atoms with van der Waals surface area (Å²) in [5.41, 5.74) is 8.93. The second-order valence-corrected chi connectivity index (χ2v) is 13.2. The number of halogens is 1. The third-order valence-electron chi connectivity index (χ3n) is 8.99. The van der Waals surface area contributed by atoms with Crippen molar-refractivity contribution < 1.29 is 18.8 Å². The molecule has 0 spiro atoms. The van der Waals surface area contributed by atoms with Crippen molar-refractivity contribution in [3.63, 3.8) is 0 Å². The minimum Gasteiger partial charge on any atom is -0.439 e. The van der Waals surface area contributed by atoms with Crippen molar-refractivity contribution in [1.82, 2.24) is 25.3 Å². The van der Waals surface area contributed by atoms with E-state index in [2.05, 4.69) is 56.1 Å². The maximum atomic E-state index is 12.5. The van der Waals surface area contributed by atoms with Gasteiger partial charge in [-0.25, -0.2) is 14.8 Å². The van der Waals surface area contributed by atoms with E-state index in [0.717, 1.165) is 78.2 Å². The van der Waals surface area contributed by atoms with E-state index < -0.39 is 0 Å². The van der Waals surface area contributed by atoms with Gasteiger partial charge in [0.2, 0.25) is 17.6 Å². The van der Waals surface area contributed by atoms with Crippen molar-refractivity contribution in [1.29, 1.82) is 0 Å². The minimum atomic E-state index is -0.153. The van der Waals surface area contributed by atoms with E-state index in [1.54, 1.807) is 11.1 Å². The van der Waals surface area contributed by atoms with E-state index in [9.17, 15) is 4.79 Å². The van der Waals surface area contributed by atoms with E-state index >= 15 is 0 Å². The number of amides is 2. The third-order valence-corrected chi connectivity index (χ3v) is 8.99. The zero-order chi connectivity index (χ0) is 36.3. The highest BCUT2D eigenvalue weighted by atomic mass is 35.5. The summed E-state index contributed by atoms with van der Waals surface area (Å²) in [6.07, 6.45) is 12.0. The zero-order valence-electron chi connectivity index (χ0n) is 30.7. The first-order chi connectivity index (χ1) is 25.3. The summed E-state index contributed by atoms with van der Waals surface area (Å²) in [4.78, 5) is 22.9. The molecular weight excluding hydrogens is 688 g/mol. The lowest BCUT2D eigenvalue weighted by Gasteiger charge is -2.28. The van der Waals surface area contributed by atoms with Crippen molar-refractivity contribution in [2.75, 3.05) is 31.5 Å². The van der Waals surface area contributed by atoms with Gasteiger partial charge in [-0.15, -0.1) is 12.4 Å². The molecule has 2 amide bonds. The first kappa shape index (κ1) is 38.8. The molecule has 5 heterocycles. The number of hydrogen-bond acceptors (Lipinski definition) is 8. The molecule has 11 heteroatoms. The number of urea groups is 1. The number of hydrogen-bond donors (Lipinski definition) is 2. The summed E-state index contributed by atoms with van der Waals surface area (Å²) in [5.74, 6) is 3.21. The minimum absolute atomic E-state index is 0. The molecule has 53 heavy (non-hydrogen) atoms. The summed E-state index contributed by atoms with van der Waals surface area (Å²) in [5, 5.41) is 10.1. The van der Waals surface area contributed by atoms with Crippen molar-refractivity contribution in [2.45, 2.75) is 53.4 Å². The van der Waals surface area contributed by atoms with E-state index in [1.807, 2.05) is 88.5 Å². The zero-order valence-corrected chi connectivity index (χ0v) is 31.5. The fourth-order valence-electron chi connectivity index (χ4n) is 5.82. The van der Waals surface area contributed by atoms with E-state index in [1.165, 1.54) is 16.7 Å². The van der Waals surface area contributed by atoms with Gasteiger partial charge >= 0.3 is 6.03 Å².